The minimum Gasteiger partial charge on any atom is -0.377 e. The fourth-order valence-corrected chi connectivity index (χ4v) is 3.00. The lowest BCUT2D eigenvalue weighted by Crippen LogP contribution is -2.41. The summed E-state index contributed by atoms with van der Waals surface area (Å²) in [7, 11) is 0. The van der Waals surface area contributed by atoms with Crippen LogP contribution in [0.3, 0.4) is 0 Å². The molecule has 134 valence electrons. The van der Waals surface area contributed by atoms with Crippen LogP contribution in [0.25, 0.3) is 0 Å². The summed E-state index contributed by atoms with van der Waals surface area (Å²) in [6.45, 7) is 0.457. The zero-order valence-corrected chi connectivity index (χ0v) is 13.3. The zero-order chi connectivity index (χ0) is 18.2. The molecule has 0 bridgehead atoms. The second-order valence-corrected chi connectivity index (χ2v) is 5.83. The van der Waals surface area contributed by atoms with Crippen LogP contribution in [0.5, 0.6) is 0 Å². The first kappa shape index (κ1) is 17.7. The minimum absolute atomic E-state index is 0.168. The molecule has 3 rings (SSSR count). The third-order valence-corrected chi connectivity index (χ3v) is 4.24. The highest BCUT2D eigenvalue weighted by Crippen LogP contribution is 2.38. The number of nitrogens with one attached hydrogen (secondary N) is 1. The van der Waals surface area contributed by atoms with Crippen molar-refractivity contribution in [1.82, 2.24) is 15.1 Å². The van der Waals surface area contributed by atoms with E-state index in [2.05, 4.69) is 10.4 Å². The topological polar surface area (TPSA) is 56.1 Å². The highest BCUT2D eigenvalue weighted by molar-refractivity contribution is 6.34. The van der Waals surface area contributed by atoms with Gasteiger partial charge in [0.25, 0.3) is 5.91 Å². The zero-order valence-electron chi connectivity index (χ0n) is 12.6. The highest BCUT2D eigenvalue weighted by Gasteiger charge is 2.39. The molecule has 5 nitrogen and oxygen atoms in total. The van der Waals surface area contributed by atoms with E-state index in [9.17, 15) is 22.4 Å². The molecule has 0 spiro atoms. The van der Waals surface area contributed by atoms with Crippen molar-refractivity contribution in [2.24, 2.45) is 0 Å². The quantitative estimate of drug-likeness (QED) is 0.836. The van der Waals surface area contributed by atoms with E-state index in [1.807, 2.05) is 0 Å². The van der Waals surface area contributed by atoms with Crippen molar-refractivity contribution >= 4 is 17.5 Å². The van der Waals surface area contributed by atoms with E-state index in [1.54, 1.807) is 23.1 Å². The number of nitrogens with zero attached hydrogens (tertiary/aromatic N) is 2. The van der Waals surface area contributed by atoms with Crippen LogP contribution in [-0.2, 0) is 10.9 Å². The molecule has 0 radical (unpaired) electrons. The summed E-state index contributed by atoms with van der Waals surface area (Å²) in [4.78, 5) is 12.4. The molecule has 25 heavy (non-hydrogen) atoms. The van der Waals surface area contributed by atoms with Crippen LogP contribution >= 0.6 is 11.6 Å². The van der Waals surface area contributed by atoms with Crippen molar-refractivity contribution in [3.8, 4) is 0 Å². The van der Waals surface area contributed by atoms with Gasteiger partial charge in [-0.3, -0.25) is 9.48 Å². The van der Waals surface area contributed by atoms with E-state index >= 15 is 0 Å². The van der Waals surface area contributed by atoms with Crippen molar-refractivity contribution in [2.75, 3.05) is 13.2 Å². The van der Waals surface area contributed by atoms with Gasteiger partial charge in [0.15, 0.2) is 0 Å². The maximum Gasteiger partial charge on any atom is 0.420 e. The Morgan fingerprint density at radius 3 is 2.76 bits per heavy atom. The van der Waals surface area contributed by atoms with Crippen molar-refractivity contribution in [2.45, 2.75) is 18.3 Å². The Labute approximate surface area is 144 Å². The Morgan fingerprint density at radius 2 is 2.12 bits per heavy atom. The Hall–Kier alpha value is -2.13. The standard InChI is InChI=1S/C15H12ClF4N3O2/c16-13-8(2-3-9(17)12(13)15(18,19)20)14(24)22-10-6-25-7-11(10)23-5-1-4-21-23/h1-5,10-11H,6-7H2,(H,22,24)/t10-,11+/m1/s1. The number of carbonyl (C=O) groups is 1. The van der Waals surface area contributed by atoms with Gasteiger partial charge >= 0.3 is 6.18 Å². The second-order valence-electron chi connectivity index (χ2n) is 5.45. The van der Waals surface area contributed by atoms with Gasteiger partial charge in [-0.15, -0.1) is 0 Å². The number of carbonyl (C=O) groups excluding carboxylic acids is 1. The van der Waals surface area contributed by atoms with Gasteiger partial charge in [-0.25, -0.2) is 4.39 Å². The van der Waals surface area contributed by atoms with Crippen molar-refractivity contribution in [3.63, 3.8) is 0 Å². The third-order valence-electron chi connectivity index (χ3n) is 3.85. The molecule has 1 aromatic heterocycles. The van der Waals surface area contributed by atoms with Crippen LogP contribution < -0.4 is 5.32 Å². The smallest absolute Gasteiger partial charge is 0.377 e. The summed E-state index contributed by atoms with van der Waals surface area (Å²) < 4.78 is 59.1. The number of hydrogen-bond acceptors (Lipinski definition) is 3. The van der Waals surface area contributed by atoms with Gasteiger partial charge in [0, 0.05) is 12.4 Å². The molecule has 0 unspecified atom stereocenters. The number of alkyl halides is 3. The molecule has 1 fully saturated rings. The summed E-state index contributed by atoms with van der Waals surface area (Å²) in [6, 6.07) is 2.37. The fourth-order valence-electron chi connectivity index (χ4n) is 2.65. The maximum absolute atomic E-state index is 13.5. The average Bonchev–Trinajstić information content (AvgIpc) is 3.16. The molecule has 0 aliphatic carbocycles. The normalized spacial score (nSPS) is 20.7. The number of aromatic nitrogens is 2. The second kappa shape index (κ2) is 6.64. The van der Waals surface area contributed by atoms with Crippen molar-refractivity contribution in [3.05, 3.63) is 52.6 Å². The summed E-state index contributed by atoms with van der Waals surface area (Å²) in [5.41, 5.74) is -2.12. The summed E-state index contributed by atoms with van der Waals surface area (Å²) in [5, 5.41) is 5.67. The van der Waals surface area contributed by atoms with E-state index in [4.69, 9.17) is 16.3 Å². The summed E-state index contributed by atoms with van der Waals surface area (Å²) >= 11 is 5.65. The predicted octanol–water partition coefficient (Wildman–Crippen LogP) is 3.06. The van der Waals surface area contributed by atoms with Crippen molar-refractivity contribution in [1.29, 1.82) is 0 Å². The van der Waals surface area contributed by atoms with Gasteiger partial charge < -0.3 is 10.1 Å². The molecule has 2 aromatic rings. The van der Waals surface area contributed by atoms with Crippen LogP contribution in [0.4, 0.5) is 17.6 Å². The molecular formula is C15H12ClF4N3O2. The van der Waals surface area contributed by atoms with Gasteiger partial charge in [-0.05, 0) is 18.2 Å². The van der Waals surface area contributed by atoms with Gasteiger partial charge in [0.2, 0.25) is 0 Å². The van der Waals surface area contributed by atoms with Crippen LogP contribution in [0, 0.1) is 5.82 Å². The molecule has 2 heterocycles. The predicted molar refractivity (Wildman–Crippen MR) is 79.7 cm³/mol. The van der Waals surface area contributed by atoms with Crippen LogP contribution in [0.2, 0.25) is 5.02 Å². The van der Waals surface area contributed by atoms with Crippen molar-refractivity contribution < 1.29 is 27.1 Å². The first-order valence-corrected chi connectivity index (χ1v) is 7.59. The number of benzene rings is 1. The van der Waals surface area contributed by atoms with Gasteiger partial charge in [0.1, 0.15) is 11.4 Å². The lowest BCUT2D eigenvalue weighted by atomic mass is 10.1. The van der Waals surface area contributed by atoms with Crippen LogP contribution in [0.1, 0.15) is 22.0 Å². The Bertz CT molecular complexity index is 780. The third kappa shape index (κ3) is 3.47. The molecule has 2 atom stereocenters. The van der Waals surface area contributed by atoms with E-state index in [0.29, 0.717) is 6.07 Å². The van der Waals surface area contributed by atoms with E-state index in [1.165, 1.54) is 0 Å². The number of amides is 1. The fraction of sp³-hybridized carbons (Fsp3) is 0.333. The van der Waals surface area contributed by atoms with E-state index < -0.39 is 40.1 Å². The molecule has 1 aromatic carbocycles. The minimum atomic E-state index is -5.01. The molecule has 1 saturated heterocycles. The lowest BCUT2D eigenvalue weighted by molar-refractivity contribution is -0.139. The maximum atomic E-state index is 13.5. The first-order chi connectivity index (χ1) is 11.8. The highest BCUT2D eigenvalue weighted by atomic mass is 35.5. The van der Waals surface area contributed by atoms with Gasteiger partial charge in [-0.2, -0.15) is 18.3 Å². The van der Waals surface area contributed by atoms with Gasteiger partial charge in [0.05, 0.1) is 35.9 Å². The molecule has 10 heteroatoms. The van der Waals surface area contributed by atoms with Crippen LogP contribution in [0.15, 0.2) is 30.6 Å². The number of halogens is 5. The molecular weight excluding hydrogens is 366 g/mol. The Morgan fingerprint density at radius 1 is 1.36 bits per heavy atom. The molecule has 1 amide bonds. The first-order valence-electron chi connectivity index (χ1n) is 7.22. The summed E-state index contributed by atoms with van der Waals surface area (Å²) in [5.74, 6) is -2.38. The molecule has 0 saturated carbocycles. The summed E-state index contributed by atoms with van der Waals surface area (Å²) in [6.07, 6.45) is -1.76. The molecule has 1 aliphatic rings. The molecule has 1 N–H and O–H groups in total. The lowest BCUT2D eigenvalue weighted by Gasteiger charge is -2.20. The van der Waals surface area contributed by atoms with Crippen LogP contribution in [-0.4, -0.2) is 34.9 Å². The monoisotopic (exact) mass is 377 g/mol. The Kier molecular flexibility index (Phi) is 4.70. The van der Waals surface area contributed by atoms with E-state index in [0.717, 1.165) is 6.07 Å². The Balaban J connectivity index is 1.84. The number of ether oxygens (including phenoxy) is 1. The molecule has 1 aliphatic heterocycles. The largest absolute Gasteiger partial charge is 0.420 e. The number of hydrogen-bond donors (Lipinski definition) is 1. The SMILES string of the molecule is O=C(N[C@@H]1COC[C@@H]1n1cccn1)c1ccc(F)c(C(F)(F)F)c1Cl. The number of rotatable bonds is 3. The van der Waals surface area contributed by atoms with E-state index in [-0.39, 0.29) is 19.3 Å². The average molecular weight is 378 g/mol. The van der Waals surface area contributed by atoms with Gasteiger partial charge in [-0.1, -0.05) is 11.6 Å².